The van der Waals surface area contributed by atoms with Crippen LogP contribution < -0.4 is 10.6 Å². The molecule has 2 unspecified atom stereocenters. The van der Waals surface area contributed by atoms with Crippen molar-refractivity contribution >= 4 is 23.8 Å². The van der Waals surface area contributed by atoms with Crippen LogP contribution in [0.3, 0.4) is 0 Å². The molecule has 2 atom stereocenters. The van der Waals surface area contributed by atoms with Crippen LogP contribution in [0.2, 0.25) is 0 Å². The SMILES string of the molecule is CCC(C)(CC(=O)O)C(=O)NCNC(=O)C(C)(CC)CC(=O)O. The molecule has 8 nitrogen and oxygen atoms in total. The number of amides is 2. The van der Waals surface area contributed by atoms with E-state index in [1.165, 1.54) is 0 Å². The predicted octanol–water partition coefficient (Wildman–Crippen LogP) is 0.958. The Morgan fingerprint density at radius 3 is 1.30 bits per heavy atom. The average Bonchev–Trinajstić information content (AvgIpc) is 2.45. The monoisotopic (exact) mass is 330 g/mol. The van der Waals surface area contributed by atoms with Crippen LogP contribution in [0.15, 0.2) is 0 Å². The fourth-order valence-electron chi connectivity index (χ4n) is 2.03. The Labute approximate surface area is 135 Å². The minimum atomic E-state index is -1.08. The lowest BCUT2D eigenvalue weighted by atomic mass is 9.82. The molecule has 0 aliphatic carbocycles. The zero-order chi connectivity index (χ0) is 18.3. The highest BCUT2D eigenvalue weighted by atomic mass is 16.4. The van der Waals surface area contributed by atoms with E-state index >= 15 is 0 Å². The van der Waals surface area contributed by atoms with Crippen molar-refractivity contribution in [2.24, 2.45) is 10.8 Å². The molecule has 0 spiro atoms. The van der Waals surface area contributed by atoms with E-state index in [1.807, 2.05) is 0 Å². The number of rotatable bonds is 10. The van der Waals surface area contributed by atoms with Gasteiger partial charge < -0.3 is 20.8 Å². The Bertz CT molecular complexity index is 437. The number of carbonyl (C=O) groups is 4. The predicted molar refractivity (Wildman–Crippen MR) is 82.5 cm³/mol. The van der Waals surface area contributed by atoms with Gasteiger partial charge in [0.2, 0.25) is 11.8 Å². The zero-order valence-corrected chi connectivity index (χ0v) is 14.1. The fraction of sp³-hybridized carbons (Fsp3) is 0.733. The summed E-state index contributed by atoms with van der Waals surface area (Å²) in [7, 11) is 0. The molecule has 4 N–H and O–H groups in total. The van der Waals surface area contributed by atoms with E-state index < -0.39 is 34.6 Å². The first kappa shape index (κ1) is 20.9. The molecule has 0 saturated heterocycles. The summed E-state index contributed by atoms with van der Waals surface area (Å²) in [4.78, 5) is 45.8. The van der Waals surface area contributed by atoms with Gasteiger partial charge in [-0.1, -0.05) is 27.7 Å². The third kappa shape index (κ3) is 6.25. The summed E-state index contributed by atoms with van der Waals surface area (Å²) in [6.45, 7) is 6.32. The van der Waals surface area contributed by atoms with Gasteiger partial charge in [-0.15, -0.1) is 0 Å². The quantitative estimate of drug-likeness (QED) is 0.441. The summed E-state index contributed by atoms with van der Waals surface area (Å²) < 4.78 is 0. The third-order valence-electron chi connectivity index (χ3n) is 4.24. The van der Waals surface area contributed by atoms with E-state index in [2.05, 4.69) is 10.6 Å². The molecule has 0 aromatic heterocycles. The van der Waals surface area contributed by atoms with Crippen LogP contribution in [0.1, 0.15) is 53.4 Å². The van der Waals surface area contributed by atoms with Gasteiger partial charge in [-0.05, 0) is 12.8 Å². The summed E-state index contributed by atoms with van der Waals surface area (Å²) in [6, 6.07) is 0. The molecular weight excluding hydrogens is 304 g/mol. The van der Waals surface area contributed by atoms with Gasteiger partial charge in [0.15, 0.2) is 0 Å². The lowest BCUT2D eigenvalue weighted by Crippen LogP contribution is -2.48. The highest BCUT2D eigenvalue weighted by Crippen LogP contribution is 2.27. The highest BCUT2D eigenvalue weighted by Gasteiger charge is 2.35. The van der Waals surface area contributed by atoms with Crippen molar-refractivity contribution in [1.29, 1.82) is 0 Å². The van der Waals surface area contributed by atoms with Gasteiger partial charge in [0.05, 0.1) is 30.3 Å². The molecule has 0 bridgehead atoms. The Balaban J connectivity index is 4.64. The maximum absolute atomic E-state index is 12.1. The number of aliphatic carboxylic acids is 2. The molecule has 0 saturated carbocycles. The smallest absolute Gasteiger partial charge is 0.304 e. The van der Waals surface area contributed by atoms with Crippen LogP contribution in [0.25, 0.3) is 0 Å². The molecule has 0 aromatic carbocycles. The van der Waals surface area contributed by atoms with Crippen molar-refractivity contribution in [2.75, 3.05) is 6.67 Å². The molecule has 0 heterocycles. The van der Waals surface area contributed by atoms with Gasteiger partial charge in [0.1, 0.15) is 0 Å². The van der Waals surface area contributed by atoms with Crippen molar-refractivity contribution in [2.45, 2.75) is 53.4 Å². The molecule has 8 heteroatoms. The number of carboxylic acids is 2. The van der Waals surface area contributed by atoms with E-state index in [9.17, 15) is 19.2 Å². The van der Waals surface area contributed by atoms with E-state index in [4.69, 9.17) is 10.2 Å². The van der Waals surface area contributed by atoms with Gasteiger partial charge in [-0.25, -0.2) is 0 Å². The van der Waals surface area contributed by atoms with Crippen LogP contribution in [-0.2, 0) is 19.2 Å². The van der Waals surface area contributed by atoms with Gasteiger partial charge in [0, 0.05) is 0 Å². The molecular formula is C15H26N2O6. The molecule has 23 heavy (non-hydrogen) atoms. The lowest BCUT2D eigenvalue weighted by Gasteiger charge is -2.27. The average molecular weight is 330 g/mol. The van der Waals surface area contributed by atoms with E-state index in [0.29, 0.717) is 12.8 Å². The number of hydrogen-bond acceptors (Lipinski definition) is 4. The van der Waals surface area contributed by atoms with Crippen molar-refractivity contribution in [3.63, 3.8) is 0 Å². The minimum Gasteiger partial charge on any atom is -0.481 e. The summed E-state index contributed by atoms with van der Waals surface area (Å²) in [5.74, 6) is -3.10. The van der Waals surface area contributed by atoms with E-state index in [-0.39, 0.29) is 19.5 Å². The van der Waals surface area contributed by atoms with Crippen molar-refractivity contribution in [1.82, 2.24) is 10.6 Å². The molecule has 0 aliphatic heterocycles. The van der Waals surface area contributed by atoms with Crippen molar-refractivity contribution in [3.05, 3.63) is 0 Å². The number of nitrogens with one attached hydrogen (secondary N) is 2. The third-order valence-corrected chi connectivity index (χ3v) is 4.24. The van der Waals surface area contributed by atoms with Gasteiger partial charge in [-0.2, -0.15) is 0 Å². The second-order valence-electron chi connectivity index (χ2n) is 6.16. The number of carboxylic acid groups (broad SMARTS) is 2. The normalized spacial score (nSPS) is 15.8. The summed E-state index contributed by atoms with van der Waals surface area (Å²) >= 11 is 0. The number of hydrogen-bond donors (Lipinski definition) is 4. The first-order valence-corrected chi connectivity index (χ1v) is 7.51. The summed E-state index contributed by atoms with van der Waals surface area (Å²) in [5.41, 5.74) is -2.13. The molecule has 2 amide bonds. The standard InChI is InChI=1S/C15H26N2O6/c1-5-14(3,7-10(18)19)12(22)16-9-17-13(23)15(4,6-2)8-11(20)21/h5-9H2,1-4H3,(H,16,22)(H,17,23)(H,18,19)(H,20,21). The van der Waals surface area contributed by atoms with Crippen molar-refractivity contribution < 1.29 is 29.4 Å². The highest BCUT2D eigenvalue weighted by molar-refractivity contribution is 5.88. The molecule has 0 radical (unpaired) electrons. The Kier molecular flexibility index (Phi) is 7.71. The van der Waals surface area contributed by atoms with Crippen LogP contribution in [0.4, 0.5) is 0 Å². The molecule has 0 aliphatic rings. The van der Waals surface area contributed by atoms with E-state index in [1.54, 1.807) is 27.7 Å². The molecule has 0 aromatic rings. The molecule has 132 valence electrons. The first-order valence-electron chi connectivity index (χ1n) is 7.51. The Hall–Kier alpha value is -2.12. The van der Waals surface area contributed by atoms with Gasteiger partial charge in [-0.3, -0.25) is 19.2 Å². The first-order chi connectivity index (χ1) is 10.5. The van der Waals surface area contributed by atoms with Crippen LogP contribution >= 0.6 is 0 Å². The summed E-state index contributed by atoms with van der Waals surface area (Å²) in [5, 5.41) is 22.7. The maximum Gasteiger partial charge on any atom is 0.304 e. The zero-order valence-electron chi connectivity index (χ0n) is 14.1. The largest absolute Gasteiger partial charge is 0.481 e. The second kappa shape index (κ2) is 8.50. The van der Waals surface area contributed by atoms with Crippen LogP contribution in [-0.4, -0.2) is 40.6 Å². The number of carbonyl (C=O) groups excluding carboxylic acids is 2. The van der Waals surface area contributed by atoms with Gasteiger partial charge in [0.25, 0.3) is 0 Å². The lowest BCUT2D eigenvalue weighted by molar-refractivity contribution is -0.146. The summed E-state index contributed by atoms with van der Waals surface area (Å²) in [6.07, 6.45) is 0.0550. The fourth-order valence-corrected chi connectivity index (χ4v) is 2.03. The van der Waals surface area contributed by atoms with Gasteiger partial charge >= 0.3 is 11.9 Å². The Morgan fingerprint density at radius 2 is 1.09 bits per heavy atom. The second-order valence-corrected chi connectivity index (χ2v) is 6.16. The molecule has 0 fully saturated rings. The van der Waals surface area contributed by atoms with Crippen LogP contribution in [0, 0.1) is 10.8 Å². The minimum absolute atomic E-state index is 0.178. The van der Waals surface area contributed by atoms with E-state index in [0.717, 1.165) is 0 Å². The topological polar surface area (TPSA) is 133 Å². The Morgan fingerprint density at radius 1 is 0.783 bits per heavy atom. The molecule has 0 rings (SSSR count). The van der Waals surface area contributed by atoms with Crippen LogP contribution in [0.5, 0.6) is 0 Å². The maximum atomic E-state index is 12.1. The van der Waals surface area contributed by atoms with Crippen molar-refractivity contribution in [3.8, 4) is 0 Å².